The molecule has 1 saturated heterocycles. The fourth-order valence-corrected chi connectivity index (χ4v) is 5.15. The Morgan fingerprint density at radius 1 is 0.841 bits per heavy atom. The Labute approximate surface area is 254 Å². The number of carbonyl (C=O) groups excluding carboxylic acids is 3. The van der Waals surface area contributed by atoms with Crippen molar-refractivity contribution in [3.05, 3.63) is 108 Å². The van der Waals surface area contributed by atoms with Crippen molar-refractivity contribution < 1.29 is 23.9 Å². The molecule has 10 nitrogen and oxygen atoms in total. The summed E-state index contributed by atoms with van der Waals surface area (Å²) in [6.07, 6.45) is 6.40. The number of benzene rings is 2. The Bertz CT molecular complexity index is 1810. The average molecular weight is 590 g/mol. The van der Waals surface area contributed by atoms with Crippen LogP contribution >= 0.6 is 0 Å². The first-order valence-corrected chi connectivity index (χ1v) is 14.4. The van der Waals surface area contributed by atoms with Crippen molar-refractivity contribution in [3.8, 4) is 17.4 Å². The van der Waals surface area contributed by atoms with Gasteiger partial charge in [-0.3, -0.25) is 19.4 Å². The van der Waals surface area contributed by atoms with Crippen molar-refractivity contribution in [2.45, 2.75) is 32.3 Å². The van der Waals surface area contributed by atoms with Crippen molar-refractivity contribution in [3.63, 3.8) is 0 Å². The lowest BCUT2D eigenvalue weighted by molar-refractivity contribution is 0.0590. The van der Waals surface area contributed by atoms with Crippen LogP contribution in [0.15, 0.2) is 85.5 Å². The summed E-state index contributed by atoms with van der Waals surface area (Å²) < 4.78 is 13.9. The largest absolute Gasteiger partial charge is 0.490 e. The van der Waals surface area contributed by atoms with E-state index in [-0.39, 0.29) is 30.0 Å². The molecular weight excluding hydrogens is 558 g/mol. The number of hydrogen-bond donors (Lipinski definition) is 0. The number of aryl methyl sites for hydroxylation is 1. The molecule has 1 fully saturated rings. The van der Waals surface area contributed by atoms with Gasteiger partial charge in [0.2, 0.25) is 5.88 Å². The molecule has 5 aromatic rings. The highest BCUT2D eigenvalue weighted by molar-refractivity contribution is 5.98. The van der Waals surface area contributed by atoms with Crippen LogP contribution in [0.3, 0.4) is 0 Å². The molecular formula is C34H31N5O5. The van der Waals surface area contributed by atoms with E-state index in [0.717, 1.165) is 22.3 Å². The van der Waals surface area contributed by atoms with Gasteiger partial charge in [-0.05, 0) is 61.0 Å². The van der Waals surface area contributed by atoms with Crippen LogP contribution in [-0.4, -0.2) is 61.1 Å². The second-order valence-corrected chi connectivity index (χ2v) is 10.8. The minimum Gasteiger partial charge on any atom is -0.490 e. The number of rotatable bonds is 9. The molecule has 3 aromatic heterocycles. The number of nitrogens with zero attached hydrogens (tertiary/aromatic N) is 5. The van der Waals surface area contributed by atoms with E-state index >= 15 is 0 Å². The Morgan fingerprint density at radius 3 is 2.27 bits per heavy atom. The van der Waals surface area contributed by atoms with Crippen LogP contribution in [-0.2, 0) is 13.5 Å². The predicted molar refractivity (Wildman–Crippen MR) is 163 cm³/mol. The number of ketones is 2. The lowest BCUT2D eigenvalue weighted by Gasteiger charge is -2.32. The van der Waals surface area contributed by atoms with E-state index < -0.39 is 0 Å². The predicted octanol–water partition coefficient (Wildman–Crippen LogP) is 5.47. The third-order valence-electron chi connectivity index (χ3n) is 7.68. The molecule has 1 aliphatic rings. The van der Waals surface area contributed by atoms with E-state index in [9.17, 15) is 14.4 Å². The average Bonchev–Trinajstić information content (AvgIpc) is 3.42. The minimum absolute atomic E-state index is 0.0157. The number of hydrogen-bond acceptors (Lipinski definition) is 8. The first-order valence-electron chi connectivity index (χ1n) is 14.4. The van der Waals surface area contributed by atoms with E-state index in [4.69, 9.17) is 9.47 Å². The maximum absolute atomic E-state index is 13.1. The number of pyridine rings is 2. The van der Waals surface area contributed by atoms with E-state index in [2.05, 4.69) is 15.0 Å². The Kier molecular flexibility index (Phi) is 8.14. The molecule has 0 radical (unpaired) electrons. The van der Waals surface area contributed by atoms with Crippen molar-refractivity contribution in [2.75, 3.05) is 13.1 Å². The lowest BCUT2D eigenvalue weighted by atomic mass is 10.0. The van der Waals surface area contributed by atoms with Crippen LogP contribution in [0.1, 0.15) is 56.5 Å². The number of carbonyl (C=O) groups is 3. The van der Waals surface area contributed by atoms with Crippen molar-refractivity contribution in [2.24, 2.45) is 7.05 Å². The first kappa shape index (κ1) is 28.7. The molecule has 1 aliphatic heterocycles. The van der Waals surface area contributed by atoms with Gasteiger partial charge in [-0.25, -0.2) is 9.97 Å². The molecule has 222 valence electrons. The van der Waals surface area contributed by atoms with E-state index in [1.54, 1.807) is 66.0 Å². The van der Waals surface area contributed by atoms with Crippen LogP contribution in [0.5, 0.6) is 17.4 Å². The van der Waals surface area contributed by atoms with E-state index in [1.807, 2.05) is 29.8 Å². The van der Waals surface area contributed by atoms with Gasteiger partial charge < -0.3 is 18.9 Å². The molecule has 0 bridgehead atoms. The zero-order valence-corrected chi connectivity index (χ0v) is 24.5. The quantitative estimate of drug-likeness (QED) is 0.208. The first-order chi connectivity index (χ1) is 21.3. The van der Waals surface area contributed by atoms with Crippen LogP contribution in [0.4, 0.5) is 0 Å². The minimum atomic E-state index is -0.159. The fraction of sp³-hybridized carbons (Fsp3) is 0.235. The van der Waals surface area contributed by atoms with Gasteiger partial charge in [0.15, 0.2) is 11.6 Å². The van der Waals surface area contributed by atoms with Crippen molar-refractivity contribution in [1.29, 1.82) is 0 Å². The van der Waals surface area contributed by atoms with Gasteiger partial charge in [0.25, 0.3) is 5.91 Å². The molecule has 2 aromatic carbocycles. The number of aromatic nitrogens is 4. The third-order valence-corrected chi connectivity index (χ3v) is 7.68. The van der Waals surface area contributed by atoms with Gasteiger partial charge in [-0.2, -0.15) is 0 Å². The van der Waals surface area contributed by atoms with Gasteiger partial charge in [0.05, 0.1) is 17.4 Å². The SMILES string of the molecule is CC(=O)c1ccc(Oc2ccc(CC(=O)c3ccc(C(=O)N4CCC(Oc5ccc6c(c5)ncn6C)CC4)nc3)cn2)cc1. The fourth-order valence-electron chi connectivity index (χ4n) is 5.15. The third kappa shape index (κ3) is 6.49. The Hall–Kier alpha value is -5.38. The molecule has 10 heteroatoms. The van der Waals surface area contributed by atoms with Gasteiger partial charge in [-0.15, -0.1) is 0 Å². The normalized spacial score (nSPS) is 13.5. The topological polar surface area (TPSA) is 117 Å². The highest BCUT2D eigenvalue weighted by atomic mass is 16.5. The zero-order valence-electron chi connectivity index (χ0n) is 24.5. The molecule has 6 rings (SSSR count). The summed E-state index contributed by atoms with van der Waals surface area (Å²) in [7, 11) is 1.96. The molecule has 0 unspecified atom stereocenters. The van der Waals surface area contributed by atoms with Crippen LogP contribution < -0.4 is 9.47 Å². The van der Waals surface area contributed by atoms with Gasteiger partial charge in [0, 0.05) is 75.1 Å². The molecule has 0 atom stereocenters. The zero-order chi connectivity index (χ0) is 30.6. The Morgan fingerprint density at radius 2 is 1.59 bits per heavy atom. The molecule has 4 heterocycles. The molecule has 1 amide bonds. The standard InChI is InChI=1S/C34H31N5O5/c1-22(40)24-4-7-26(8-5-24)44-33-12-3-23(19-36-33)17-32(41)25-6-10-29(35-20-25)34(42)39-15-13-27(14-16-39)43-28-9-11-31-30(18-28)37-21-38(31)2/h3-12,18-21,27H,13-17H2,1-2H3. The van der Waals surface area contributed by atoms with Gasteiger partial charge >= 0.3 is 0 Å². The van der Waals surface area contributed by atoms with Crippen LogP contribution in [0, 0.1) is 0 Å². The van der Waals surface area contributed by atoms with E-state index in [1.165, 1.54) is 13.1 Å². The number of imidazole rings is 1. The number of fused-ring (bicyclic) bond motifs is 1. The molecule has 0 saturated carbocycles. The second kappa shape index (κ2) is 12.5. The molecule has 44 heavy (non-hydrogen) atoms. The number of amides is 1. The summed E-state index contributed by atoms with van der Waals surface area (Å²) in [5.74, 6) is 1.41. The second-order valence-electron chi connectivity index (χ2n) is 10.8. The Balaban J connectivity index is 0.986. The molecule has 0 spiro atoms. The molecule has 0 N–H and O–H groups in total. The maximum atomic E-state index is 13.1. The number of likely N-dealkylation sites (tertiary alicyclic amines) is 1. The number of piperidine rings is 1. The summed E-state index contributed by atoms with van der Waals surface area (Å²) in [5, 5.41) is 0. The smallest absolute Gasteiger partial charge is 0.272 e. The van der Waals surface area contributed by atoms with E-state index in [0.29, 0.717) is 54.4 Å². The van der Waals surface area contributed by atoms with Crippen molar-refractivity contribution in [1.82, 2.24) is 24.4 Å². The van der Waals surface area contributed by atoms with Crippen LogP contribution in [0.2, 0.25) is 0 Å². The number of ether oxygens (including phenoxy) is 2. The summed E-state index contributed by atoms with van der Waals surface area (Å²) in [6, 6.07) is 19.4. The van der Waals surface area contributed by atoms with Gasteiger partial charge in [0.1, 0.15) is 23.3 Å². The summed E-state index contributed by atoms with van der Waals surface area (Å²) in [5.41, 5.74) is 3.99. The van der Waals surface area contributed by atoms with Crippen molar-refractivity contribution >= 4 is 28.5 Å². The highest BCUT2D eigenvalue weighted by Crippen LogP contribution is 2.24. The maximum Gasteiger partial charge on any atom is 0.272 e. The van der Waals surface area contributed by atoms with Gasteiger partial charge in [-0.1, -0.05) is 6.07 Å². The number of Topliss-reactive ketones (excluding diaryl/α,β-unsaturated/α-hetero) is 2. The summed E-state index contributed by atoms with van der Waals surface area (Å²) in [4.78, 5) is 52.2. The summed E-state index contributed by atoms with van der Waals surface area (Å²) >= 11 is 0. The lowest BCUT2D eigenvalue weighted by Crippen LogP contribution is -2.42. The molecule has 0 aliphatic carbocycles. The summed E-state index contributed by atoms with van der Waals surface area (Å²) in [6.45, 7) is 2.64. The van der Waals surface area contributed by atoms with Crippen LogP contribution in [0.25, 0.3) is 11.0 Å². The highest BCUT2D eigenvalue weighted by Gasteiger charge is 2.26. The monoisotopic (exact) mass is 589 g/mol.